The lowest BCUT2D eigenvalue weighted by atomic mass is 9.83. The van der Waals surface area contributed by atoms with Crippen LogP contribution in [0.5, 0.6) is 0 Å². The molecule has 1 saturated heterocycles. The third kappa shape index (κ3) is 2.57. The van der Waals surface area contributed by atoms with Crippen LogP contribution in [0.3, 0.4) is 0 Å². The largest absolute Gasteiger partial charge is 0.384 e. The molecule has 2 nitrogen and oxygen atoms in total. The first-order chi connectivity index (χ1) is 7.26. The highest BCUT2D eigenvalue weighted by Crippen LogP contribution is 2.30. The maximum Gasteiger partial charge on any atom is 0.102 e. The zero-order valence-corrected chi connectivity index (χ0v) is 10.5. The lowest BCUT2D eigenvalue weighted by Crippen LogP contribution is -2.43. The molecule has 0 saturated carbocycles. The molecular formula is C13H20ClNO. The summed E-state index contributed by atoms with van der Waals surface area (Å²) in [7, 11) is 0. The molecule has 1 aliphatic rings. The van der Waals surface area contributed by atoms with Crippen molar-refractivity contribution >= 4 is 12.4 Å². The summed E-state index contributed by atoms with van der Waals surface area (Å²) in [5, 5.41) is 13.9. The van der Waals surface area contributed by atoms with Crippen molar-refractivity contribution in [3.63, 3.8) is 0 Å². The Balaban J connectivity index is 0.00000128. The topological polar surface area (TPSA) is 32.3 Å². The summed E-state index contributed by atoms with van der Waals surface area (Å²) in [6, 6.07) is 8.23. The number of benzene rings is 1. The highest BCUT2D eigenvalue weighted by molar-refractivity contribution is 5.85. The van der Waals surface area contributed by atoms with E-state index in [1.54, 1.807) is 0 Å². The first-order valence-electron chi connectivity index (χ1n) is 5.78. The van der Waals surface area contributed by atoms with Crippen LogP contribution in [0.1, 0.15) is 30.9 Å². The smallest absolute Gasteiger partial charge is 0.102 e. The Morgan fingerprint density at radius 1 is 1.38 bits per heavy atom. The molecule has 90 valence electrons. The first-order valence-corrected chi connectivity index (χ1v) is 5.78. The van der Waals surface area contributed by atoms with Gasteiger partial charge in [0.05, 0.1) is 0 Å². The molecule has 1 heterocycles. The van der Waals surface area contributed by atoms with Gasteiger partial charge in [0.1, 0.15) is 5.60 Å². The minimum Gasteiger partial charge on any atom is -0.384 e. The van der Waals surface area contributed by atoms with Gasteiger partial charge in [-0.25, -0.2) is 0 Å². The van der Waals surface area contributed by atoms with Crippen LogP contribution in [0.15, 0.2) is 24.3 Å². The van der Waals surface area contributed by atoms with Crippen molar-refractivity contribution in [1.82, 2.24) is 5.32 Å². The van der Waals surface area contributed by atoms with Gasteiger partial charge in [-0.15, -0.1) is 12.4 Å². The van der Waals surface area contributed by atoms with Gasteiger partial charge in [-0.3, -0.25) is 0 Å². The molecule has 3 heteroatoms. The summed E-state index contributed by atoms with van der Waals surface area (Å²) >= 11 is 0. The van der Waals surface area contributed by atoms with Gasteiger partial charge in [-0.2, -0.15) is 0 Å². The van der Waals surface area contributed by atoms with Crippen molar-refractivity contribution in [2.24, 2.45) is 0 Å². The van der Waals surface area contributed by atoms with Crippen molar-refractivity contribution < 1.29 is 5.11 Å². The monoisotopic (exact) mass is 241 g/mol. The Morgan fingerprint density at radius 2 is 2.12 bits per heavy atom. The Hall–Kier alpha value is -0.570. The second-order valence-electron chi connectivity index (χ2n) is 4.32. The standard InChI is InChI=1S/C13H19NO.ClH/c1-2-11-6-3-4-7-12(11)13(15)8-5-9-14-10-13;/h3-4,6-7,14-15H,2,5,8-10H2,1H3;1H. The predicted octanol–water partition coefficient (Wildman–Crippen LogP) is 2.24. The van der Waals surface area contributed by atoms with E-state index in [0.29, 0.717) is 6.54 Å². The van der Waals surface area contributed by atoms with Crippen LogP contribution in [0, 0.1) is 0 Å². The number of rotatable bonds is 2. The average Bonchev–Trinajstić information content (AvgIpc) is 2.30. The number of hydrogen-bond acceptors (Lipinski definition) is 2. The molecule has 1 fully saturated rings. The van der Waals surface area contributed by atoms with Gasteiger partial charge in [-0.1, -0.05) is 31.2 Å². The highest BCUT2D eigenvalue weighted by atomic mass is 35.5. The van der Waals surface area contributed by atoms with Gasteiger partial charge in [0.2, 0.25) is 0 Å². The van der Waals surface area contributed by atoms with E-state index in [1.165, 1.54) is 5.56 Å². The summed E-state index contributed by atoms with van der Waals surface area (Å²) in [4.78, 5) is 0. The third-order valence-corrected chi connectivity index (χ3v) is 3.26. The third-order valence-electron chi connectivity index (χ3n) is 3.26. The van der Waals surface area contributed by atoms with Gasteiger partial charge >= 0.3 is 0 Å². The maximum atomic E-state index is 10.6. The van der Waals surface area contributed by atoms with Crippen LogP contribution in [0.25, 0.3) is 0 Å². The zero-order valence-electron chi connectivity index (χ0n) is 9.70. The van der Waals surface area contributed by atoms with Gasteiger partial charge in [0.25, 0.3) is 0 Å². The molecule has 0 amide bonds. The van der Waals surface area contributed by atoms with Crippen molar-refractivity contribution in [1.29, 1.82) is 0 Å². The number of halogens is 1. The number of β-amino-alcohol motifs (C(OH)–C–C–N with tert-alkyl or cyclic N) is 1. The molecule has 0 bridgehead atoms. The molecule has 0 spiro atoms. The lowest BCUT2D eigenvalue weighted by molar-refractivity contribution is 0.0115. The fraction of sp³-hybridized carbons (Fsp3) is 0.538. The second-order valence-corrected chi connectivity index (χ2v) is 4.32. The van der Waals surface area contributed by atoms with E-state index >= 15 is 0 Å². The number of piperidine rings is 1. The number of nitrogens with one attached hydrogen (secondary N) is 1. The molecular weight excluding hydrogens is 222 g/mol. The maximum absolute atomic E-state index is 10.6. The Bertz CT molecular complexity index is 334. The van der Waals surface area contributed by atoms with Crippen LogP contribution >= 0.6 is 12.4 Å². The van der Waals surface area contributed by atoms with E-state index in [1.807, 2.05) is 12.1 Å². The molecule has 1 aliphatic heterocycles. The average molecular weight is 242 g/mol. The molecule has 0 aromatic heterocycles. The van der Waals surface area contributed by atoms with Crippen molar-refractivity contribution in [2.45, 2.75) is 31.8 Å². The SMILES string of the molecule is CCc1ccccc1C1(O)CCCNC1.Cl. The van der Waals surface area contributed by atoms with E-state index < -0.39 is 5.60 Å². The highest BCUT2D eigenvalue weighted by Gasteiger charge is 2.32. The number of aryl methyl sites for hydroxylation is 1. The Kier molecular flexibility index (Phi) is 4.78. The Morgan fingerprint density at radius 3 is 2.75 bits per heavy atom. The molecule has 2 rings (SSSR count). The lowest BCUT2D eigenvalue weighted by Gasteiger charge is -2.34. The van der Waals surface area contributed by atoms with E-state index in [-0.39, 0.29) is 12.4 Å². The molecule has 16 heavy (non-hydrogen) atoms. The normalized spacial score (nSPS) is 24.9. The molecule has 0 radical (unpaired) electrons. The van der Waals surface area contributed by atoms with Crippen LogP contribution in [-0.4, -0.2) is 18.2 Å². The minimum absolute atomic E-state index is 0. The zero-order chi connectivity index (χ0) is 10.7. The van der Waals surface area contributed by atoms with Crippen LogP contribution < -0.4 is 5.32 Å². The van der Waals surface area contributed by atoms with Crippen molar-refractivity contribution in [2.75, 3.05) is 13.1 Å². The quantitative estimate of drug-likeness (QED) is 0.833. The van der Waals surface area contributed by atoms with Gasteiger partial charge in [-0.05, 0) is 36.9 Å². The summed E-state index contributed by atoms with van der Waals surface area (Å²) < 4.78 is 0. The van der Waals surface area contributed by atoms with E-state index in [2.05, 4.69) is 24.4 Å². The molecule has 0 aliphatic carbocycles. The van der Waals surface area contributed by atoms with E-state index in [4.69, 9.17) is 0 Å². The predicted molar refractivity (Wildman–Crippen MR) is 69.1 cm³/mol. The summed E-state index contributed by atoms with van der Waals surface area (Å²) in [6.45, 7) is 3.85. The molecule has 1 atom stereocenters. The fourth-order valence-electron chi connectivity index (χ4n) is 2.40. The van der Waals surface area contributed by atoms with Gasteiger partial charge in [0.15, 0.2) is 0 Å². The molecule has 1 unspecified atom stereocenters. The van der Waals surface area contributed by atoms with Crippen LogP contribution in [-0.2, 0) is 12.0 Å². The number of hydrogen-bond donors (Lipinski definition) is 2. The van der Waals surface area contributed by atoms with E-state index in [0.717, 1.165) is 31.4 Å². The molecule has 1 aromatic carbocycles. The first kappa shape index (κ1) is 13.5. The minimum atomic E-state index is -0.648. The second kappa shape index (κ2) is 5.67. The summed E-state index contributed by atoms with van der Waals surface area (Å²) in [6.07, 6.45) is 2.91. The van der Waals surface area contributed by atoms with Crippen molar-refractivity contribution in [3.8, 4) is 0 Å². The van der Waals surface area contributed by atoms with Gasteiger partial charge < -0.3 is 10.4 Å². The number of aliphatic hydroxyl groups is 1. The summed E-state index contributed by atoms with van der Waals surface area (Å²) in [5.74, 6) is 0. The summed E-state index contributed by atoms with van der Waals surface area (Å²) in [5.41, 5.74) is 1.73. The Labute approximate surface area is 103 Å². The fourth-order valence-corrected chi connectivity index (χ4v) is 2.40. The van der Waals surface area contributed by atoms with Crippen LogP contribution in [0.2, 0.25) is 0 Å². The molecule has 2 N–H and O–H groups in total. The molecule has 1 aromatic rings. The van der Waals surface area contributed by atoms with Gasteiger partial charge in [0, 0.05) is 6.54 Å². The van der Waals surface area contributed by atoms with Crippen molar-refractivity contribution in [3.05, 3.63) is 35.4 Å². The van der Waals surface area contributed by atoms with E-state index in [9.17, 15) is 5.11 Å². The van der Waals surface area contributed by atoms with Crippen LogP contribution in [0.4, 0.5) is 0 Å².